The number of aromatic nitrogens is 2. The predicted molar refractivity (Wildman–Crippen MR) is 127 cm³/mol. The molecule has 0 saturated heterocycles. The molecule has 0 aromatic carbocycles. The second-order valence-corrected chi connectivity index (χ2v) is 8.60. The summed E-state index contributed by atoms with van der Waals surface area (Å²) in [4.78, 5) is 43.4. The highest BCUT2D eigenvalue weighted by Gasteiger charge is 2.47. The van der Waals surface area contributed by atoms with Crippen molar-refractivity contribution in [2.75, 3.05) is 14.1 Å². The van der Waals surface area contributed by atoms with Gasteiger partial charge < -0.3 is 9.68 Å². The summed E-state index contributed by atoms with van der Waals surface area (Å²) in [5.41, 5.74) is 1.28. The molecule has 8 nitrogen and oxygen atoms in total. The summed E-state index contributed by atoms with van der Waals surface area (Å²) in [5.74, 6) is -1.28. The van der Waals surface area contributed by atoms with E-state index in [1.54, 1.807) is 38.9 Å². The largest absolute Gasteiger partial charge is 0.364 e. The molecule has 2 aromatic heterocycles. The Morgan fingerprint density at radius 3 is 1.53 bits per heavy atom. The molecule has 2 aliphatic carbocycles. The van der Waals surface area contributed by atoms with Gasteiger partial charge in [0.15, 0.2) is 0 Å². The number of carbonyl (C=O) groups is 2. The van der Waals surface area contributed by atoms with Gasteiger partial charge in [-0.05, 0) is 48.9 Å². The SMILES string of the molecule is CN(OC(=O)/C=C/C(=O)ON(C)C1(C=Cc2cccnc2)CC1)C1(C=Cc2cccnc2)CC1. The molecule has 2 heterocycles. The lowest BCUT2D eigenvalue weighted by Crippen LogP contribution is -2.34. The fourth-order valence-corrected chi connectivity index (χ4v) is 3.53. The van der Waals surface area contributed by atoms with Gasteiger partial charge in [-0.25, -0.2) is 9.59 Å². The summed E-state index contributed by atoms with van der Waals surface area (Å²) < 4.78 is 0. The first-order chi connectivity index (χ1) is 16.4. The highest BCUT2D eigenvalue weighted by atomic mass is 16.7. The van der Waals surface area contributed by atoms with E-state index in [1.165, 1.54) is 10.1 Å². The Hall–Kier alpha value is -3.62. The van der Waals surface area contributed by atoms with Crippen LogP contribution in [0.5, 0.6) is 0 Å². The Labute approximate surface area is 199 Å². The zero-order valence-electron chi connectivity index (χ0n) is 19.3. The molecule has 0 N–H and O–H groups in total. The highest BCUT2D eigenvalue weighted by molar-refractivity contribution is 5.91. The van der Waals surface area contributed by atoms with Gasteiger partial charge in [0, 0.05) is 51.0 Å². The number of rotatable bonds is 10. The van der Waals surface area contributed by atoms with Crippen LogP contribution in [-0.2, 0) is 19.3 Å². The summed E-state index contributed by atoms with van der Waals surface area (Å²) in [6.07, 6.45) is 20.6. The summed E-state index contributed by atoms with van der Waals surface area (Å²) in [7, 11) is 3.42. The van der Waals surface area contributed by atoms with Crippen molar-refractivity contribution in [3.8, 4) is 0 Å². The van der Waals surface area contributed by atoms with Crippen LogP contribution >= 0.6 is 0 Å². The van der Waals surface area contributed by atoms with Gasteiger partial charge in [-0.15, -0.1) is 10.1 Å². The van der Waals surface area contributed by atoms with Crippen molar-refractivity contribution in [3.63, 3.8) is 0 Å². The molecule has 8 heteroatoms. The fourth-order valence-electron chi connectivity index (χ4n) is 3.53. The Kier molecular flexibility index (Phi) is 7.00. The van der Waals surface area contributed by atoms with Crippen molar-refractivity contribution in [1.29, 1.82) is 0 Å². The molecule has 2 fully saturated rings. The van der Waals surface area contributed by atoms with E-state index in [1.807, 2.05) is 48.6 Å². The standard InChI is InChI=1S/C26H28N4O4/c1-29(25(13-14-25)11-9-21-5-3-17-27-19-21)33-23(31)7-8-24(32)34-30(2)26(15-16-26)12-10-22-6-4-18-28-20-22/h3-12,17-20H,13-16H2,1-2H3/b8-7+,11-9?,12-10?. The monoisotopic (exact) mass is 460 g/mol. The van der Waals surface area contributed by atoms with Crippen molar-refractivity contribution in [3.05, 3.63) is 84.5 Å². The van der Waals surface area contributed by atoms with E-state index >= 15 is 0 Å². The molecule has 2 aromatic rings. The van der Waals surface area contributed by atoms with Gasteiger partial charge in [0.25, 0.3) is 0 Å². The number of nitrogens with zero attached hydrogens (tertiary/aromatic N) is 4. The van der Waals surface area contributed by atoms with E-state index < -0.39 is 11.9 Å². The summed E-state index contributed by atoms with van der Waals surface area (Å²) in [5, 5.41) is 3.07. The van der Waals surface area contributed by atoms with E-state index in [9.17, 15) is 9.59 Å². The Bertz CT molecular complexity index is 1000. The molecule has 4 rings (SSSR count). The van der Waals surface area contributed by atoms with Crippen molar-refractivity contribution < 1.29 is 19.3 Å². The average molecular weight is 461 g/mol. The third-order valence-corrected chi connectivity index (χ3v) is 6.13. The molecule has 0 radical (unpaired) electrons. The van der Waals surface area contributed by atoms with Gasteiger partial charge in [-0.3, -0.25) is 9.97 Å². The number of hydrogen-bond donors (Lipinski definition) is 0. The van der Waals surface area contributed by atoms with Crippen LogP contribution in [0.2, 0.25) is 0 Å². The van der Waals surface area contributed by atoms with Crippen molar-refractivity contribution >= 4 is 24.1 Å². The first-order valence-electron chi connectivity index (χ1n) is 11.2. The molecule has 0 aliphatic heterocycles. The molecular formula is C26H28N4O4. The fraction of sp³-hybridized carbons (Fsp3) is 0.308. The summed E-state index contributed by atoms with van der Waals surface area (Å²) >= 11 is 0. The van der Waals surface area contributed by atoms with Crippen molar-refractivity contribution in [2.24, 2.45) is 0 Å². The van der Waals surface area contributed by atoms with Gasteiger partial charge in [-0.1, -0.05) is 36.4 Å². The zero-order chi connectivity index (χ0) is 24.0. The van der Waals surface area contributed by atoms with Crippen LogP contribution in [-0.4, -0.2) is 57.2 Å². The number of carbonyl (C=O) groups excluding carboxylic acids is 2. The van der Waals surface area contributed by atoms with Crippen molar-refractivity contribution in [2.45, 2.75) is 36.8 Å². The minimum Gasteiger partial charge on any atom is -0.364 e. The van der Waals surface area contributed by atoms with Gasteiger partial charge in [0.1, 0.15) is 0 Å². The molecule has 176 valence electrons. The number of hydroxylamine groups is 4. The molecule has 0 bridgehead atoms. The van der Waals surface area contributed by atoms with Crippen LogP contribution in [0.4, 0.5) is 0 Å². The maximum atomic E-state index is 12.2. The van der Waals surface area contributed by atoms with Crippen LogP contribution in [0.3, 0.4) is 0 Å². The first kappa shape index (κ1) is 23.5. The minimum atomic E-state index is -0.638. The normalized spacial score (nSPS) is 18.1. The molecule has 0 atom stereocenters. The molecule has 2 aliphatic rings. The van der Waals surface area contributed by atoms with Gasteiger partial charge in [-0.2, -0.15) is 0 Å². The highest BCUT2D eigenvalue weighted by Crippen LogP contribution is 2.43. The third kappa shape index (κ3) is 6.03. The van der Waals surface area contributed by atoms with Crippen LogP contribution < -0.4 is 0 Å². The number of pyridine rings is 2. The molecule has 0 spiro atoms. The Balaban J connectivity index is 1.25. The smallest absolute Gasteiger partial charge is 0.349 e. The van der Waals surface area contributed by atoms with E-state index in [-0.39, 0.29) is 11.1 Å². The first-order valence-corrected chi connectivity index (χ1v) is 11.2. The molecule has 0 unspecified atom stereocenters. The Morgan fingerprint density at radius 1 is 0.794 bits per heavy atom. The average Bonchev–Trinajstić information content (AvgIpc) is 3.77. The lowest BCUT2D eigenvalue weighted by atomic mass is 10.2. The third-order valence-electron chi connectivity index (χ3n) is 6.13. The van der Waals surface area contributed by atoms with E-state index in [2.05, 4.69) is 9.97 Å². The molecular weight excluding hydrogens is 432 g/mol. The topological polar surface area (TPSA) is 84.9 Å². The summed E-state index contributed by atoms with van der Waals surface area (Å²) in [6, 6.07) is 7.65. The lowest BCUT2D eigenvalue weighted by Gasteiger charge is -2.23. The molecule has 0 amide bonds. The molecule has 34 heavy (non-hydrogen) atoms. The second-order valence-electron chi connectivity index (χ2n) is 8.60. The predicted octanol–water partition coefficient (Wildman–Crippen LogP) is 3.60. The maximum absolute atomic E-state index is 12.2. The van der Waals surface area contributed by atoms with Crippen molar-refractivity contribution in [1.82, 2.24) is 20.1 Å². The maximum Gasteiger partial charge on any atom is 0.349 e. The Morgan fingerprint density at radius 2 is 1.21 bits per heavy atom. The minimum absolute atomic E-state index is 0.334. The summed E-state index contributed by atoms with van der Waals surface area (Å²) in [6.45, 7) is 0. The van der Waals surface area contributed by atoms with E-state index in [0.717, 1.165) is 49.0 Å². The van der Waals surface area contributed by atoms with Crippen LogP contribution in [0.15, 0.2) is 73.4 Å². The van der Waals surface area contributed by atoms with Gasteiger partial charge >= 0.3 is 11.9 Å². The number of likely N-dealkylation sites (N-methyl/N-ethyl adjacent to an activating group) is 2. The van der Waals surface area contributed by atoms with Gasteiger partial charge in [0.05, 0.1) is 11.1 Å². The van der Waals surface area contributed by atoms with Gasteiger partial charge in [0.2, 0.25) is 0 Å². The quantitative estimate of drug-likeness (QED) is 0.393. The van der Waals surface area contributed by atoms with Crippen LogP contribution in [0.25, 0.3) is 12.2 Å². The van der Waals surface area contributed by atoms with Crippen LogP contribution in [0, 0.1) is 0 Å². The lowest BCUT2D eigenvalue weighted by molar-refractivity contribution is -0.189. The van der Waals surface area contributed by atoms with Crippen LogP contribution in [0.1, 0.15) is 36.8 Å². The van der Waals surface area contributed by atoms with E-state index in [4.69, 9.17) is 9.68 Å². The number of hydrogen-bond acceptors (Lipinski definition) is 8. The van der Waals surface area contributed by atoms with E-state index in [0.29, 0.717) is 0 Å². The second kappa shape index (κ2) is 10.1. The zero-order valence-corrected chi connectivity index (χ0v) is 19.3. The molecule has 2 saturated carbocycles.